The van der Waals surface area contributed by atoms with Gasteiger partial charge in [-0.05, 0) is 30.3 Å². The maximum atomic E-state index is 6.24. The molecule has 0 N–H and O–H groups in total. The minimum Gasteiger partial charge on any atom is -0.497 e. The Morgan fingerprint density at radius 1 is 1.00 bits per heavy atom. The van der Waals surface area contributed by atoms with E-state index in [-0.39, 0.29) is 0 Å². The highest BCUT2D eigenvalue weighted by atomic mass is 35.5. The van der Waals surface area contributed by atoms with Gasteiger partial charge in [-0.25, -0.2) is 9.97 Å². The molecule has 0 atom stereocenters. The molecule has 0 radical (unpaired) electrons. The summed E-state index contributed by atoms with van der Waals surface area (Å²) >= 11 is 12.4. The maximum Gasteiger partial charge on any atom is 0.162 e. The van der Waals surface area contributed by atoms with Crippen LogP contribution in [0.3, 0.4) is 0 Å². The molecule has 0 aliphatic carbocycles. The third-order valence-electron chi connectivity index (χ3n) is 2.97. The van der Waals surface area contributed by atoms with Crippen molar-refractivity contribution >= 4 is 34.1 Å². The highest BCUT2D eigenvalue weighted by Gasteiger charge is 2.11. The number of ether oxygens (including phenoxy) is 1. The Morgan fingerprint density at radius 3 is 2.55 bits per heavy atom. The number of aromatic nitrogens is 2. The van der Waals surface area contributed by atoms with Crippen LogP contribution < -0.4 is 4.74 Å². The SMILES string of the molecule is COc1ccc2nc(-c3ccccc3Cl)nc(Cl)c2c1. The highest BCUT2D eigenvalue weighted by Crippen LogP contribution is 2.30. The number of benzene rings is 2. The fraction of sp³-hybridized carbons (Fsp3) is 0.0667. The van der Waals surface area contributed by atoms with Crippen molar-refractivity contribution in [2.45, 2.75) is 0 Å². The molecule has 0 aliphatic rings. The van der Waals surface area contributed by atoms with Crippen molar-refractivity contribution in [3.63, 3.8) is 0 Å². The van der Waals surface area contributed by atoms with E-state index in [4.69, 9.17) is 27.9 Å². The Hall–Kier alpha value is -1.84. The molecule has 0 spiro atoms. The monoisotopic (exact) mass is 304 g/mol. The first kappa shape index (κ1) is 13.2. The van der Waals surface area contributed by atoms with Gasteiger partial charge in [-0.15, -0.1) is 0 Å². The number of halogens is 2. The third kappa shape index (κ3) is 2.30. The second-order valence-electron chi connectivity index (χ2n) is 4.20. The van der Waals surface area contributed by atoms with Crippen molar-refractivity contribution in [1.29, 1.82) is 0 Å². The molecule has 0 unspecified atom stereocenters. The molecule has 0 fully saturated rings. The molecular weight excluding hydrogens is 295 g/mol. The van der Waals surface area contributed by atoms with Crippen molar-refractivity contribution in [3.05, 3.63) is 52.6 Å². The van der Waals surface area contributed by atoms with E-state index in [1.165, 1.54) is 0 Å². The van der Waals surface area contributed by atoms with Gasteiger partial charge in [0.15, 0.2) is 5.82 Å². The van der Waals surface area contributed by atoms with Crippen LogP contribution in [-0.2, 0) is 0 Å². The van der Waals surface area contributed by atoms with Crippen LogP contribution >= 0.6 is 23.2 Å². The standard InChI is InChI=1S/C15H10Cl2N2O/c1-20-9-6-7-13-11(8-9)14(17)19-15(18-13)10-4-2-3-5-12(10)16/h2-8H,1H3. The van der Waals surface area contributed by atoms with Crippen LogP contribution in [0, 0.1) is 0 Å². The smallest absolute Gasteiger partial charge is 0.162 e. The first-order valence-corrected chi connectivity index (χ1v) is 6.71. The number of hydrogen-bond donors (Lipinski definition) is 0. The minimum atomic E-state index is 0.379. The lowest BCUT2D eigenvalue weighted by Crippen LogP contribution is -1.93. The van der Waals surface area contributed by atoms with Gasteiger partial charge in [0, 0.05) is 10.9 Å². The van der Waals surface area contributed by atoms with E-state index in [0.717, 1.165) is 16.5 Å². The average Bonchev–Trinajstić information content (AvgIpc) is 2.47. The summed E-state index contributed by atoms with van der Waals surface area (Å²) in [6.45, 7) is 0. The summed E-state index contributed by atoms with van der Waals surface area (Å²) in [5.74, 6) is 1.23. The zero-order valence-electron chi connectivity index (χ0n) is 10.6. The summed E-state index contributed by atoms with van der Waals surface area (Å²) in [6.07, 6.45) is 0. The largest absolute Gasteiger partial charge is 0.497 e. The van der Waals surface area contributed by atoms with E-state index in [9.17, 15) is 0 Å². The van der Waals surface area contributed by atoms with Gasteiger partial charge in [-0.3, -0.25) is 0 Å². The Bertz CT molecular complexity index is 790. The second-order valence-corrected chi connectivity index (χ2v) is 4.97. The molecule has 100 valence electrons. The summed E-state index contributed by atoms with van der Waals surface area (Å²) in [6, 6.07) is 12.9. The van der Waals surface area contributed by atoms with Gasteiger partial charge in [-0.1, -0.05) is 35.3 Å². The number of fused-ring (bicyclic) bond motifs is 1. The molecule has 0 saturated heterocycles. The molecule has 0 amide bonds. The molecule has 0 bridgehead atoms. The minimum absolute atomic E-state index is 0.379. The normalized spacial score (nSPS) is 10.8. The summed E-state index contributed by atoms with van der Waals surface area (Å²) in [4.78, 5) is 8.83. The fourth-order valence-corrected chi connectivity index (χ4v) is 2.41. The van der Waals surface area contributed by atoms with E-state index < -0.39 is 0 Å². The lowest BCUT2D eigenvalue weighted by Gasteiger charge is -2.07. The molecule has 0 aliphatic heterocycles. The zero-order chi connectivity index (χ0) is 14.1. The fourth-order valence-electron chi connectivity index (χ4n) is 1.96. The highest BCUT2D eigenvalue weighted by molar-refractivity contribution is 6.35. The third-order valence-corrected chi connectivity index (χ3v) is 3.59. The predicted molar refractivity (Wildman–Crippen MR) is 81.5 cm³/mol. The number of rotatable bonds is 2. The molecule has 2 aromatic carbocycles. The van der Waals surface area contributed by atoms with Crippen molar-refractivity contribution < 1.29 is 4.74 Å². The zero-order valence-corrected chi connectivity index (χ0v) is 12.1. The van der Waals surface area contributed by atoms with Crippen molar-refractivity contribution in [2.75, 3.05) is 7.11 Å². The lowest BCUT2D eigenvalue weighted by atomic mass is 10.2. The quantitative estimate of drug-likeness (QED) is 0.648. The molecule has 1 aromatic heterocycles. The van der Waals surface area contributed by atoms with Gasteiger partial charge in [0.05, 0.1) is 17.6 Å². The van der Waals surface area contributed by atoms with Gasteiger partial charge >= 0.3 is 0 Å². The van der Waals surface area contributed by atoms with Crippen LogP contribution in [0.25, 0.3) is 22.3 Å². The van der Waals surface area contributed by atoms with Crippen LogP contribution in [0.4, 0.5) is 0 Å². The van der Waals surface area contributed by atoms with Gasteiger partial charge in [-0.2, -0.15) is 0 Å². The maximum absolute atomic E-state index is 6.24. The van der Waals surface area contributed by atoms with Crippen LogP contribution in [0.15, 0.2) is 42.5 Å². The van der Waals surface area contributed by atoms with Crippen LogP contribution in [0.5, 0.6) is 5.75 Å². The Labute approximate surface area is 126 Å². The number of nitrogens with zero attached hydrogens (tertiary/aromatic N) is 2. The van der Waals surface area contributed by atoms with Gasteiger partial charge < -0.3 is 4.74 Å². The summed E-state index contributed by atoms with van der Waals surface area (Å²) in [5, 5.41) is 1.72. The number of methoxy groups -OCH3 is 1. The van der Waals surface area contributed by atoms with Crippen molar-refractivity contribution in [2.24, 2.45) is 0 Å². The predicted octanol–water partition coefficient (Wildman–Crippen LogP) is 4.61. The molecule has 1 heterocycles. The van der Waals surface area contributed by atoms with E-state index in [2.05, 4.69) is 9.97 Å². The Balaban J connectivity index is 2.23. The topological polar surface area (TPSA) is 35.0 Å². The van der Waals surface area contributed by atoms with Gasteiger partial charge in [0.1, 0.15) is 10.9 Å². The van der Waals surface area contributed by atoms with E-state index in [0.29, 0.717) is 21.7 Å². The molecule has 5 heteroatoms. The van der Waals surface area contributed by atoms with Crippen molar-refractivity contribution in [1.82, 2.24) is 9.97 Å². The second kappa shape index (κ2) is 5.27. The lowest BCUT2D eigenvalue weighted by molar-refractivity contribution is 0.415. The van der Waals surface area contributed by atoms with E-state index in [1.807, 2.05) is 36.4 Å². The van der Waals surface area contributed by atoms with Crippen molar-refractivity contribution in [3.8, 4) is 17.1 Å². The molecule has 0 saturated carbocycles. The number of hydrogen-bond acceptors (Lipinski definition) is 3. The average molecular weight is 305 g/mol. The molecular formula is C15H10Cl2N2O. The van der Waals surface area contributed by atoms with Crippen LogP contribution in [0.1, 0.15) is 0 Å². The molecule has 3 aromatic rings. The first-order valence-electron chi connectivity index (χ1n) is 5.95. The van der Waals surface area contributed by atoms with Gasteiger partial charge in [0.25, 0.3) is 0 Å². The molecule has 3 nitrogen and oxygen atoms in total. The first-order chi connectivity index (χ1) is 9.69. The summed E-state index contributed by atoms with van der Waals surface area (Å²) < 4.78 is 5.18. The van der Waals surface area contributed by atoms with Crippen LogP contribution in [0.2, 0.25) is 10.2 Å². The summed E-state index contributed by atoms with van der Waals surface area (Å²) in [7, 11) is 1.61. The van der Waals surface area contributed by atoms with E-state index in [1.54, 1.807) is 13.2 Å². The summed E-state index contributed by atoms with van der Waals surface area (Å²) in [5.41, 5.74) is 1.51. The van der Waals surface area contributed by atoms with Crippen LogP contribution in [-0.4, -0.2) is 17.1 Å². The Morgan fingerprint density at radius 2 is 1.80 bits per heavy atom. The van der Waals surface area contributed by atoms with Gasteiger partial charge in [0.2, 0.25) is 0 Å². The molecule has 3 rings (SSSR count). The molecule has 20 heavy (non-hydrogen) atoms. The van der Waals surface area contributed by atoms with E-state index >= 15 is 0 Å². The Kier molecular flexibility index (Phi) is 3.47.